The SMILES string of the molecule is CN1CCC[C@H]1c1nc(-c2ccc(O)cc2)no1. The van der Waals surface area contributed by atoms with E-state index in [4.69, 9.17) is 4.52 Å². The highest BCUT2D eigenvalue weighted by Gasteiger charge is 2.27. The summed E-state index contributed by atoms with van der Waals surface area (Å²) < 4.78 is 5.34. The number of benzene rings is 1. The lowest BCUT2D eigenvalue weighted by Crippen LogP contribution is -2.17. The number of likely N-dealkylation sites (tertiary alicyclic amines) is 1. The molecule has 18 heavy (non-hydrogen) atoms. The first-order chi connectivity index (χ1) is 8.74. The number of hydrogen-bond acceptors (Lipinski definition) is 5. The van der Waals surface area contributed by atoms with Crippen molar-refractivity contribution in [1.82, 2.24) is 15.0 Å². The number of rotatable bonds is 2. The molecule has 2 heterocycles. The topological polar surface area (TPSA) is 62.4 Å². The van der Waals surface area contributed by atoms with Crippen molar-refractivity contribution in [3.05, 3.63) is 30.2 Å². The fourth-order valence-electron chi connectivity index (χ4n) is 2.32. The molecule has 1 aromatic carbocycles. The van der Waals surface area contributed by atoms with Crippen LogP contribution in [0, 0.1) is 0 Å². The first-order valence-electron chi connectivity index (χ1n) is 6.07. The van der Waals surface area contributed by atoms with Gasteiger partial charge >= 0.3 is 0 Å². The Bertz CT molecular complexity index is 535. The highest BCUT2D eigenvalue weighted by molar-refractivity contribution is 5.55. The van der Waals surface area contributed by atoms with E-state index >= 15 is 0 Å². The van der Waals surface area contributed by atoms with Crippen LogP contribution in [-0.2, 0) is 0 Å². The summed E-state index contributed by atoms with van der Waals surface area (Å²) in [4.78, 5) is 6.67. The van der Waals surface area contributed by atoms with E-state index in [0.717, 1.165) is 24.9 Å². The van der Waals surface area contributed by atoms with Crippen LogP contribution < -0.4 is 0 Å². The Labute approximate surface area is 105 Å². The van der Waals surface area contributed by atoms with Crippen LogP contribution in [0.2, 0.25) is 0 Å². The maximum atomic E-state index is 9.25. The lowest BCUT2D eigenvalue weighted by molar-refractivity contribution is 0.245. The summed E-state index contributed by atoms with van der Waals surface area (Å²) in [6.45, 7) is 1.07. The number of phenolic OH excluding ortho intramolecular Hbond substituents is 1. The van der Waals surface area contributed by atoms with Crippen LogP contribution in [0.15, 0.2) is 28.8 Å². The molecule has 5 heteroatoms. The quantitative estimate of drug-likeness (QED) is 0.878. The number of hydrogen-bond donors (Lipinski definition) is 1. The maximum Gasteiger partial charge on any atom is 0.244 e. The van der Waals surface area contributed by atoms with Crippen LogP contribution in [0.3, 0.4) is 0 Å². The predicted molar refractivity (Wildman–Crippen MR) is 66.0 cm³/mol. The third kappa shape index (κ3) is 1.97. The van der Waals surface area contributed by atoms with Gasteiger partial charge in [-0.3, -0.25) is 4.90 Å². The number of nitrogens with zero attached hydrogens (tertiary/aromatic N) is 3. The zero-order valence-electron chi connectivity index (χ0n) is 10.2. The second kappa shape index (κ2) is 4.42. The summed E-state index contributed by atoms with van der Waals surface area (Å²) in [7, 11) is 2.07. The van der Waals surface area contributed by atoms with Crippen molar-refractivity contribution in [3.8, 4) is 17.1 Å². The van der Waals surface area contributed by atoms with Crippen molar-refractivity contribution >= 4 is 0 Å². The smallest absolute Gasteiger partial charge is 0.244 e. The monoisotopic (exact) mass is 245 g/mol. The lowest BCUT2D eigenvalue weighted by atomic mass is 10.2. The molecule has 3 rings (SSSR count). The van der Waals surface area contributed by atoms with E-state index < -0.39 is 0 Å². The summed E-state index contributed by atoms with van der Waals surface area (Å²) in [6, 6.07) is 7.04. The number of aromatic hydroxyl groups is 1. The van der Waals surface area contributed by atoms with Gasteiger partial charge in [0, 0.05) is 5.56 Å². The van der Waals surface area contributed by atoms with E-state index in [9.17, 15) is 5.11 Å². The van der Waals surface area contributed by atoms with Crippen molar-refractivity contribution in [2.75, 3.05) is 13.6 Å². The van der Waals surface area contributed by atoms with Gasteiger partial charge in [0.25, 0.3) is 0 Å². The third-order valence-electron chi connectivity index (χ3n) is 3.37. The van der Waals surface area contributed by atoms with Gasteiger partial charge in [0.2, 0.25) is 11.7 Å². The molecule has 0 aliphatic carbocycles. The van der Waals surface area contributed by atoms with Crippen molar-refractivity contribution in [1.29, 1.82) is 0 Å². The van der Waals surface area contributed by atoms with Crippen LogP contribution in [0.1, 0.15) is 24.8 Å². The molecule has 0 radical (unpaired) electrons. The Balaban J connectivity index is 1.87. The third-order valence-corrected chi connectivity index (χ3v) is 3.37. The predicted octanol–water partition coefficient (Wildman–Crippen LogP) is 2.21. The Kier molecular flexibility index (Phi) is 2.76. The van der Waals surface area contributed by atoms with Gasteiger partial charge in [-0.1, -0.05) is 5.16 Å². The van der Waals surface area contributed by atoms with Gasteiger partial charge in [-0.05, 0) is 50.7 Å². The summed E-state index contributed by atoms with van der Waals surface area (Å²) >= 11 is 0. The molecule has 94 valence electrons. The van der Waals surface area contributed by atoms with Gasteiger partial charge in [0.1, 0.15) is 5.75 Å². The minimum Gasteiger partial charge on any atom is -0.508 e. The minimum absolute atomic E-state index is 0.234. The van der Waals surface area contributed by atoms with E-state index in [1.807, 2.05) is 0 Å². The molecule has 1 N–H and O–H groups in total. The Morgan fingerprint density at radius 3 is 2.78 bits per heavy atom. The first kappa shape index (κ1) is 11.2. The Morgan fingerprint density at radius 1 is 1.33 bits per heavy atom. The Hall–Kier alpha value is -1.88. The van der Waals surface area contributed by atoms with E-state index in [0.29, 0.717) is 11.7 Å². The van der Waals surface area contributed by atoms with E-state index in [1.165, 1.54) is 0 Å². The molecular weight excluding hydrogens is 230 g/mol. The van der Waals surface area contributed by atoms with Gasteiger partial charge in [-0.2, -0.15) is 4.98 Å². The van der Waals surface area contributed by atoms with Crippen molar-refractivity contribution < 1.29 is 9.63 Å². The van der Waals surface area contributed by atoms with Crippen LogP contribution in [-0.4, -0.2) is 33.7 Å². The van der Waals surface area contributed by atoms with E-state index in [2.05, 4.69) is 22.1 Å². The molecule has 0 saturated carbocycles. The molecule has 1 aliphatic heterocycles. The van der Waals surface area contributed by atoms with Crippen molar-refractivity contribution in [2.24, 2.45) is 0 Å². The first-order valence-corrected chi connectivity index (χ1v) is 6.07. The number of aromatic nitrogens is 2. The fraction of sp³-hybridized carbons (Fsp3) is 0.385. The molecule has 1 fully saturated rings. The normalized spacial score (nSPS) is 20.4. The standard InChI is InChI=1S/C13H15N3O2/c1-16-8-2-3-11(16)13-14-12(15-18-13)9-4-6-10(17)7-5-9/h4-7,11,17H,2-3,8H2,1H3/t11-/m0/s1. The van der Waals surface area contributed by atoms with Gasteiger partial charge in [0.15, 0.2) is 0 Å². The number of phenols is 1. The molecule has 1 atom stereocenters. The summed E-state index contributed by atoms with van der Waals surface area (Å²) in [5.74, 6) is 1.49. The van der Waals surface area contributed by atoms with E-state index in [-0.39, 0.29) is 11.8 Å². The highest BCUT2D eigenvalue weighted by atomic mass is 16.5. The molecular formula is C13H15N3O2. The summed E-state index contributed by atoms with van der Waals surface area (Å²) in [5, 5.41) is 13.2. The van der Waals surface area contributed by atoms with Crippen molar-refractivity contribution in [3.63, 3.8) is 0 Å². The van der Waals surface area contributed by atoms with Gasteiger partial charge in [-0.25, -0.2) is 0 Å². The average molecular weight is 245 g/mol. The molecule has 2 aromatic rings. The zero-order chi connectivity index (χ0) is 12.5. The van der Waals surface area contributed by atoms with Crippen LogP contribution >= 0.6 is 0 Å². The average Bonchev–Trinajstić information content (AvgIpc) is 2.98. The van der Waals surface area contributed by atoms with Crippen LogP contribution in [0.25, 0.3) is 11.4 Å². The second-order valence-electron chi connectivity index (χ2n) is 4.64. The molecule has 1 aliphatic rings. The van der Waals surface area contributed by atoms with Crippen LogP contribution in [0.5, 0.6) is 5.75 Å². The lowest BCUT2D eigenvalue weighted by Gasteiger charge is -2.14. The molecule has 0 spiro atoms. The molecule has 1 saturated heterocycles. The largest absolute Gasteiger partial charge is 0.508 e. The van der Waals surface area contributed by atoms with Crippen molar-refractivity contribution in [2.45, 2.75) is 18.9 Å². The molecule has 0 unspecified atom stereocenters. The Morgan fingerprint density at radius 2 is 2.11 bits per heavy atom. The minimum atomic E-state index is 0.234. The second-order valence-corrected chi connectivity index (χ2v) is 4.64. The maximum absolute atomic E-state index is 9.25. The molecule has 5 nitrogen and oxygen atoms in total. The molecule has 0 bridgehead atoms. The van der Waals surface area contributed by atoms with E-state index in [1.54, 1.807) is 24.3 Å². The molecule has 1 aromatic heterocycles. The summed E-state index contributed by atoms with van der Waals surface area (Å²) in [5.41, 5.74) is 0.850. The fourth-order valence-corrected chi connectivity index (χ4v) is 2.32. The van der Waals surface area contributed by atoms with Gasteiger partial charge < -0.3 is 9.63 Å². The summed E-state index contributed by atoms with van der Waals surface area (Å²) in [6.07, 6.45) is 2.23. The highest BCUT2D eigenvalue weighted by Crippen LogP contribution is 2.30. The van der Waals surface area contributed by atoms with Gasteiger partial charge in [0.05, 0.1) is 6.04 Å². The molecule has 0 amide bonds. The zero-order valence-corrected chi connectivity index (χ0v) is 10.2. The van der Waals surface area contributed by atoms with Crippen LogP contribution in [0.4, 0.5) is 0 Å². The van der Waals surface area contributed by atoms with Gasteiger partial charge in [-0.15, -0.1) is 0 Å².